The van der Waals surface area contributed by atoms with E-state index in [0.29, 0.717) is 6.04 Å². The molecule has 70 valence electrons. The Labute approximate surface area is 75.3 Å². The van der Waals surface area contributed by atoms with Gasteiger partial charge in [0, 0.05) is 31.7 Å². The quantitative estimate of drug-likeness (QED) is 0.630. The van der Waals surface area contributed by atoms with Gasteiger partial charge in [-0.2, -0.15) is 0 Å². The van der Waals surface area contributed by atoms with Crippen LogP contribution >= 0.6 is 0 Å². The molecule has 0 amide bonds. The first kappa shape index (κ1) is 8.52. The first-order valence-electron chi connectivity index (χ1n) is 5.23. The molecule has 2 heteroatoms. The molecule has 12 heavy (non-hydrogen) atoms. The Morgan fingerprint density at radius 3 is 2.58 bits per heavy atom. The third kappa shape index (κ3) is 1.64. The summed E-state index contributed by atoms with van der Waals surface area (Å²) in [5.41, 5.74) is 0. The molecule has 2 fully saturated rings. The zero-order valence-electron chi connectivity index (χ0n) is 8.21. The lowest BCUT2D eigenvalue weighted by Gasteiger charge is -2.45. The van der Waals surface area contributed by atoms with Crippen LogP contribution in [0.1, 0.15) is 26.7 Å². The van der Waals surface area contributed by atoms with Gasteiger partial charge in [-0.05, 0) is 25.7 Å². The molecule has 2 rings (SSSR count). The predicted molar refractivity (Wildman–Crippen MR) is 51.2 cm³/mol. The minimum Gasteiger partial charge on any atom is -0.312 e. The molecule has 1 N–H and O–H groups in total. The molecular formula is C10H20N2. The number of hydrogen-bond acceptors (Lipinski definition) is 2. The average Bonchev–Trinajstić information content (AvgIpc) is 1.99. The van der Waals surface area contributed by atoms with Crippen molar-refractivity contribution in [2.75, 3.05) is 19.6 Å². The summed E-state index contributed by atoms with van der Waals surface area (Å²) in [5, 5.41) is 3.48. The topological polar surface area (TPSA) is 15.3 Å². The lowest BCUT2D eigenvalue weighted by Crippen LogP contribution is -2.55. The van der Waals surface area contributed by atoms with Crippen molar-refractivity contribution >= 4 is 0 Å². The van der Waals surface area contributed by atoms with Crippen molar-refractivity contribution in [3.8, 4) is 0 Å². The van der Waals surface area contributed by atoms with Gasteiger partial charge in [-0.25, -0.2) is 0 Å². The third-order valence-electron chi connectivity index (χ3n) is 3.27. The van der Waals surface area contributed by atoms with E-state index in [1.807, 2.05) is 0 Å². The smallest absolute Gasteiger partial charge is 0.0167 e. The molecule has 1 saturated carbocycles. The van der Waals surface area contributed by atoms with E-state index in [2.05, 4.69) is 24.1 Å². The van der Waals surface area contributed by atoms with Gasteiger partial charge in [-0.15, -0.1) is 0 Å². The molecule has 2 aliphatic rings. The summed E-state index contributed by atoms with van der Waals surface area (Å²) >= 11 is 0. The Balaban J connectivity index is 1.80. The molecule has 1 atom stereocenters. The number of nitrogens with zero attached hydrogens (tertiary/aromatic N) is 1. The second kappa shape index (κ2) is 3.35. The first-order valence-corrected chi connectivity index (χ1v) is 5.23. The number of nitrogens with one attached hydrogen (secondary N) is 1. The van der Waals surface area contributed by atoms with E-state index in [0.717, 1.165) is 12.0 Å². The molecule has 1 unspecified atom stereocenters. The summed E-state index contributed by atoms with van der Waals surface area (Å²) in [7, 11) is 0. The highest BCUT2D eigenvalue weighted by Crippen LogP contribution is 2.31. The Hall–Kier alpha value is -0.0800. The Morgan fingerprint density at radius 1 is 1.25 bits per heavy atom. The fourth-order valence-electron chi connectivity index (χ4n) is 2.45. The van der Waals surface area contributed by atoms with Crippen LogP contribution in [0.3, 0.4) is 0 Å². The summed E-state index contributed by atoms with van der Waals surface area (Å²) in [6.45, 7) is 8.36. The maximum Gasteiger partial charge on any atom is 0.0167 e. The van der Waals surface area contributed by atoms with E-state index < -0.39 is 0 Å². The van der Waals surface area contributed by atoms with Crippen LogP contribution in [0.2, 0.25) is 0 Å². The summed E-state index contributed by atoms with van der Waals surface area (Å²) in [6, 6.07) is 1.62. The predicted octanol–water partition coefficient (Wildman–Crippen LogP) is 1.08. The van der Waals surface area contributed by atoms with Gasteiger partial charge >= 0.3 is 0 Å². The Bertz CT molecular complexity index is 152. The SMILES string of the molecule is CC1CC(N2CCNC(C)C2)C1. The van der Waals surface area contributed by atoms with Crippen LogP contribution in [0.4, 0.5) is 0 Å². The molecule has 0 aromatic heterocycles. The molecule has 1 heterocycles. The van der Waals surface area contributed by atoms with Crippen LogP contribution < -0.4 is 5.32 Å². The fourth-order valence-corrected chi connectivity index (χ4v) is 2.45. The summed E-state index contributed by atoms with van der Waals surface area (Å²) < 4.78 is 0. The number of hydrogen-bond donors (Lipinski definition) is 1. The van der Waals surface area contributed by atoms with Crippen molar-refractivity contribution in [3.63, 3.8) is 0 Å². The van der Waals surface area contributed by atoms with E-state index in [9.17, 15) is 0 Å². The highest BCUT2D eigenvalue weighted by atomic mass is 15.2. The van der Waals surface area contributed by atoms with Crippen molar-refractivity contribution in [1.29, 1.82) is 0 Å². The summed E-state index contributed by atoms with van der Waals surface area (Å²) in [4.78, 5) is 2.67. The van der Waals surface area contributed by atoms with Crippen molar-refractivity contribution < 1.29 is 0 Å². The van der Waals surface area contributed by atoms with Gasteiger partial charge < -0.3 is 5.32 Å². The Kier molecular flexibility index (Phi) is 2.37. The molecule has 2 nitrogen and oxygen atoms in total. The minimum absolute atomic E-state index is 0.703. The molecule has 0 spiro atoms. The van der Waals surface area contributed by atoms with E-state index in [1.54, 1.807) is 0 Å². The lowest BCUT2D eigenvalue weighted by molar-refractivity contribution is 0.0627. The third-order valence-corrected chi connectivity index (χ3v) is 3.27. The van der Waals surface area contributed by atoms with Gasteiger partial charge in [0.05, 0.1) is 0 Å². The van der Waals surface area contributed by atoms with Gasteiger partial charge in [-0.1, -0.05) is 6.92 Å². The number of piperazine rings is 1. The van der Waals surface area contributed by atoms with Gasteiger partial charge in [0.15, 0.2) is 0 Å². The maximum absolute atomic E-state index is 3.48. The highest BCUT2D eigenvalue weighted by molar-refractivity contribution is 4.88. The van der Waals surface area contributed by atoms with E-state index in [1.165, 1.54) is 32.5 Å². The van der Waals surface area contributed by atoms with Gasteiger partial charge in [0.25, 0.3) is 0 Å². The van der Waals surface area contributed by atoms with Crippen LogP contribution in [0.25, 0.3) is 0 Å². The normalized spacial score (nSPS) is 44.0. The number of rotatable bonds is 1. The van der Waals surface area contributed by atoms with Gasteiger partial charge in [-0.3, -0.25) is 4.90 Å². The first-order chi connectivity index (χ1) is 5.75. The molecular weight excluding hydrogens is 148 g/mol. The van der Waals surface area contributed by atoms with Crippen molar-refractivity contribution in [1.82, 2.24) is 10.2 Å². The van der Waals surface area contributed by atoms with E-state index >= 15 is 0 Å². The van der Waals surface area contributed by atoms with Crippen molar-refractivity contribution in [2.24, 2.45) is 5.92 Å². The second-order valence-electron chi connectivity index (χ2n) is 4.58. The van der Waals surface area contributed by atoms with Crippen molar-refractivity contribution in [3.05, 3.63) is 0 Å². The second-order valence-corrected chi connectivity index (χ2v) is 4.58. The standard InChI is InChI=1S/C10H20N2/c1-8-5-10(6-8)12-4-3-11-9(2)7-12/h8-11H,3-7H2,1-2H3. The van der Waals surface area contributed by atoms with Crippen molar-refractivity contribution in [2.45, 2.75) is 38.8 Å². The molecule has 1 aliphatic carbocycles. The van der Waals surface area contributed by atoms with Crippen LogP contribution in [0, 0.1) is 5.92 Å². The highest BCUT2D eigenvalue weighted by Gasteiger charge is 2.32. The minimum atomic E-state index is 0.703. The van der Waals surface area contributed by atoms with Crippen LogP contribution in [0.15, 0.2) is 0 Å². The molecule has 0 radical (unpaired) electrons. The molecule has 0 aromatic rings. The van der Waals surface area contributed by atoms with E-state index in [4.69, 9.17) is 0 Å². The van der Waals surface area contributed by atoms with Gasteiger partial charge in [0.1, 0.15) is 0 Å². The Morgan fingerprint density at radius 2 is 2.00 bits per heavy atom. The molecule has 1 aliphatic heterocycles. The zero-order valence-corrected chi connectivity index (χ0v) is 8.21. The van der Waals surface area contributed by atoms with Crippen LogP contribution in [-0.2, 0) is 0 Å². The summed E-state index contributed by atoms with van der Waals surface area (Å²) in [5.74, 6) is 0.986. The maximum atomic E-state index is 3.48. The summed E-state index contributed by atoms with van der Waals surface area (Å²) in [6.07, 6.45) is 2.87. The fraction of sp³-hybridized carbons (Fsp3) is 1.00. The molecule has 0 bridgehead atoms. The van der Waals surface area contributed by atoms with Gasteiger partial charge in [0.2, 0.25) is 0 Å². The van der Waals surface area contributed by atoms with Crippen LogP contribution in [0.5, 0.6) is 0 Å². The monoisotopic (exact) mass is 168 g/mol. The largest absolute Gasteiger partial charge is 0.312 e. The molecule has 1 saturated heterocycles. The van der Waals surface area contributed by atoms with E-state index in [-0.39, 0.29) is 0 Å². The lowest BCUT2D eigenvalue weighted by atomic mass is 9.80. The zero-order chi connectivity index (χ0) is 8.55. The molecule has 0 aromatic carbocycles. The average molecular weight is 168 g/mol. The van der Waals surface area contributed by atoms with Crippen LogP contribution in [-0.4, -0.2) is 36.6 Å².